The van der Waals surface area contributed by atoms with Gasteiger partial charge in [0, 0.05) is 18.2 Å². The Kier molecular flexibility index (Phi) is 7.60. The minimum atomic E-state index is -6.09. The molecular formula is C15H15F3O3S2. The summed E-state index contributed by atoms with van der Waals surface area (Å²) in [5, 5.41) is 0. The van der Waals surface area contributed by atoms with Crippen molar-refractivity contribution in [1.82, 2.24) is 0 Å². The Morgan fingerprint density at radius 3 is 1.78 bits per heavy atom. The maximum atomic E-state index is 10.7. The smallest absolute Gasteiger partial charge is 0.485 e. The van der Waals surface area contributed by atoms with E-state index in [1.54, 1.807) is 0 Å². The van der Waals surface area contributed by atoms with Crippen molar-refractivity contribution in [1.29, 1.82) is 0 Å². The van der Waals surface area contributed by atoms with E-state index in [0.717, 1.165) is 6.42 Å². The molecule has 3 nitrogen and oxygen atoms in total. The van der Waals surface area contributed by atoms with Gasteiger partial charge in [0.1, 0.15) is 5.75 Å². The molecule has 2 aromatic rings. The fraction of sp³-hybridized carbons (Fsp3) is 0.200. The maximum Gasteiger partial charge on any atom is 0.485 e. The highest BCUT2D eigenvalue weighted by Crippen LogP contribution is 2.20. The highest BCUT2D eigenvalue weighted by atomic mass is 32.2. The van der Waals surface area contributed by atoms with E-state index in [0.29, 0.717) is 0 Å². The Hall–Kier alpha value is -1.51. The molecule has 0 aliphatic carbocycles. The largest absolute Gasteiger partial charge is 0.741 e. The van der Waals surface area contributed by atoms with Gasteiger partial charge in [-0.25, -0.2) is 8.42 Å². The van der Waals surface area contributed by atoms with Crippen molar-refractivity contribution >= 4 is 21.9 Å². The number of hydrogen-bond donors (Lipinski definition) is 0. The van der Waals surface area contributed by atoms with Gasteiger partial charge in [0.25, 0.3) is 0 Å². The quantitative estimate of drug-likeness (QED) is 0.362. The van der Waals surface area contributed by atoms with E-state index in [1.807, 2.05) is 0 Å². The van der Waals surface area contributed by atoms with Gasteiger partial charge in [0.2, 0.25) is 0 Å². The molecule has 8 heteroatoms. The highest BCUT2D eigenvalue weighted by molar-refractivity contribution is 7.86. The molecule has 0 aliphatic rings. The average molecular weight is 364 g/mol. The van der Waals surface area contributed by atoms with Crippen molar-refractivity contribution in [2.24, 2.45) is 0 Å². The summed E-state index contributed by atoms with van der Waals surface area (Å²) >= 11 is 1.42. The van der Waals surface area contributed by atoms with E-state index in [4.69, 9.17) is 13.0 Å². The standard InChI is InChI=1S/C14H14S.CHF3O3S/c1-3-7-13(8-4-1)11-12-15-14-9-5-2-6-10-14;2-1(3,4)8(5,6)7/h1-10H,11-12H2;(H,5,6,7). The fourth-order valence-corrected chi connectivity index (χ4v) is 2.50. The van der Waals surface area contributed by atoms with Crippen LogP contribution in [0.5, 0.6) is 0 Å². The normalized spacial score (nSPS) is 11.5. The second-order valence-corrected chi connectivity index (χ2v) is 7.00. The van der Waals surface area contributed by atoms with Crippen LogP contribution in [0.1, 0.15) is 5.56 Å². The molecule has 0 atom stereocenters. The summed E-state index contributed by atoms with van der Waals surface area (Å²) in [6, 6.07) is 21.3. The SMILES string of the molecule is O=S(=O)([O-])C(F)(F)F.c1ccc(CC[SH+]c2ccccc2)cc1. The topological polar surface area (TPSA) is 57.2 Å². The maximum absolute atomic E-state index is 10.7. The molecule has 0 N–H and O–H groups in total. The van der Waals surface area contributed by atoms with Crippen LogP contribution in [0.2, 0.25) is 0 Å². The van der Waals surface area contributed by atoms with Crippen LogP contribution in [0.15, 0.2) is 65.6 Å². The monoisotopic (exact) mass is 364 g/mol. The van der Waals surface area contributed by atoms with Crippen LogP contribution in [0.4, 0.5) is 13.2 Å². The number of rotatable bonds is 4. The van der Waals surface area contributed by atoms with E-state index in [1.165, 1.54) is 28.0 Å². The minimum Gasteiger partial charge on any atom is -0.741 e. The first-order valence-electron chi connectivity index (χ1n) is 6.49. The second kappa shape index (κ2) is 8.95. The Morgan fingerprint density at radius 1 is 0.913 bits per heavy atom. The van der Waals surface area contributed by atoms with Gasteiger partial charge in [-0.3, -0.25) is 0 Å². The van der Waals surface area contributed by atoms with Crippen LogP contribution in [-0.4, -0.2) is 24.2 Å². The lowest BCUT2D eigenvalue weighted by Gasteiger charge is -2.08. The first kappa shape index (κ1) is 19.5. The Balaban J connectivity index is 0.000000284. The zero-order chi connectivity index (χ0) is 17.3. The molecule has 2 rings (SSSR count). The summed E-state index contributed by atoms with van der Waals surface area (Å²) in [5.74, 6) is 1.20. The van der Waals surface area contributed by atoms with E-state index in [9.17, 15) is 13.2 Å². The lowest BCUT2D eigenvalue weighted by Crippen LogP contribution is -2.21. The summed E-state index contributed by atoms with van der Waals surface area (Å²) in [5.41, 5.74) is -4.21. The minimum absolute atomic E-state index is 1.16. The van der Waals surface area contributed by atoms with Gasteiger partial charge in [-0.15, -0.1) is 0 Å². The zero-order valence-corrected chi connectivity index (χ0v) is 13.6. The third-order valence-electron chi connectivity index (χ3n) is 2.58. The molecule has 23 heavy (non-hydrogen) atoms. The third kappa shape index (κ3) is 8.06. The summed E-state index contributed by atoms with van der Waals surface area (Å²) in [6.07, 6.45) is 1.16. The summed E-state index contributed by atoms with van der Waals surface area (Å²) in [4.78, 5) is 1.41. The van der Waals surface area contributed by atoms with Gasteiger partial charge in [-0.05, 0) is 17.7 Å². The van der Waals surface area contributed by atoms with E-state index >= 15 is 0 Å². The third-order valence-corrected chi connectivity index (χ3v) is 4.25. The lowest BCUT2D eigenvalue weighted by molar-refractivity contribution is -0.0517. The van der Waals surface area contributed by atoms with Crippen molar-refractivity contribution < 1.29 is 26.1 Å². The van der Waals surface area contributed by atoms with Crippen LogP contribution in [-0.2, 0) is 28.3 Å². The molecule has 0 aromatic heterocycles. The zero-order valence-electron chi connectivity index (χ0n) is 11.9. The van der Waals surface area contributed by atoms with Crippen molar-refractivity contribution in [3.63, 3.8) is 0 Å². The second-order valence-electron chi connectivity index (χ2n) is 4.35. The summed E-state index contributed by atoms with van der Waals surface area (Å²) < 4.78 is 58.9. The fourth-order valence-electron chi connectivity index (χ4n) is 1.49. The molecule has 0 saturated carbocycles. The average Bonchev–Trinajstić information content (AvgIpc) is 2.48. The molecule has 126 valence electrons. The van der Waals surface area contributed by atoms with Crippen LogP contribution in [0.3, 0.4) is 0 Å². The van der Waals surface area contributed by atoms with Gasteiger partial charge >= 0.3 is 5.51 Å². The molecule has 0 radical (unpaired) electrons. The predicted molar refractivity (Wildman–Crippen MR) is 84.2 cm³/mol. The molecule has 0 amide bonds. The van der Waals surface area contributed by atoms with E-state index < -0.39 is 15.6 Å². The summed E-state index contributed by atoms with van der Waals surface area (Å²) in [6.45, 7) is 0. The van der Waals surface area contributed by atoms with Gasteiger partial charge in [0.05, 0.1) is 0 Å². The van der Waals surface area contributed by atoms with E-state index in [-0.39, 0.29) is 0 Å². The number of alkyl halides is 3. The number of halogens is 3. The highest BCUT2D eigenvalue weighted by Gasteiger charge is 2.36. The van der Waals surface area contributed by atoms with Gasteiger partial charge in [-0.1, -0.05) is 48.5 Å². The molecular weight excluding hydrogens is 349 g/mol. The number of benzene rings is 2. The van der Waals surface area contributed by atoms with E-state index in [2.05, 4.69) is 60.7 Å². The van der Waals surface area contributed by atoms with Gasteiger partial charge in [-0.2, -0.15) is 13.2 Å². The van der Waals surface area contributed by atoms with Gasteiger partial charge in [0.15, 0.2) is 15.0 Å². The van der Waals surface area contributed by atoms with Crippen molar-refractivity contribution in [2.75, 3.05) is 5.75 Å². The molecule has 0 unspecified atom stereocenters. The van der Waals surface area contributed by atoms with Crippen LogP contribution < -0.4 is 0 Å². The Bertz CT molecular complexity index is 633. The van der Waals surface area contributed by atoms with Crippen LogP contribution in [0.25, 0.3) is 0 Å². The Morgan fingerprint density at radius 2 is 1.35 bits per heavy atom. The lowest BCUT2D eigenvalue weighted by atomic mass is 10.2. The van der Waals surface area contributed by atoms with Crippen molar-refractivity contribution in [2.45, 2.75) is 16.8 Å². The molecule has 0 heterocycles. The first-order valence-corrected chi connectivity index (χ1v) is 8.97. The number of thiol groups is 1. The predicted octanol–water partition coefficient (Wildman–Crippen LogP) is 3.15. The molecule has 0 saturated heterocycles. The molecule has 2 aromatic carbocycles. The first-order chi connectivity index (χ1) is 10.7. The van der Waals surface area contributed by atoms with Crippen molar-refractivity contribution in [3.8, 4) is 0 Å². The summed E-state index contributed by atoms with van der Waals surface area (Å²) in [7, 11) is -6.09. The Labute approximate surface area is 137 Å². The number of aryl methyl sites for hydroxylation is 1. The van der Waals surface area contributed by atoms with Crippen LogP contribution in [0, 0.1) is 0 Å². The van der Waals surface area contributed by atoms with Crippen molar-refractivity contribution in [3.05, 3.63) is 66.2 Å². The molecule has 0 spiro atoms. The van der Waals surface area contributed by atoms with Crippen LogP contribution >= 0.6 is 0 Å². The number of hydrogen-bond acceptors (Lipinski definition) is 3. The molecule has 0 aliphatic heterocycles. The molecule has 0 bridgehead atoms. The molecule has 0 fully saturated rings. The van der Waals surface area contributed by atoms with Gasteiger partial charge < -0.3 is 4.55 Å².